The Balaban J connectivity index is 1.29. The van der Waals surface area contributed by atoms with Crippen LogP contribution in [0, 0.1) is 0 Å². The lowest BCUT2D eigenvalue weighted by Crippen LogP contribution is -2.54. The van der Waals surface area contributed by atoms with Gasteiger partial charge in [-0.2, -0.15) is 0 Å². The normalized spacial score (nSPS) is 23.3. The van der Waals surface area contributed by atoms with E-state index in [9.17, 15) is 19.2 Å². The fourth-order valence-electron chi connectivity index (χ4n) is 4.14. The first-order valence-corrected chi connectivity index (χ1v) is 10.1. The number of carbonyl (C=O) groups is 4. The van der Waals surface area contributed by atoms with Crippen molar-refractivity contribution in [2.45, 2.75) is 37.8 Å². The molecule has 2 saturated heterocycles. The molecule has 3 aliphatic rings. The molecule has 3 N–H and O–H groups in total. The summed E-state index contributed by atoms with van der Waals surface area (Å²) in [5.74, 6) is -1.30. The summed E-state index contributed by atoms with van der Waals surface area (Å²) in [6.07, 6.45) is 1.16. The lowest BCUT2D eigenvalue weighted by molar-refractivity contribution is -0.136. The van der Waals surface area contributed by atoms with E-state index < -0.39 is 29.7 Å². The molecule has 4 amide bonds. The fraction of sp³-hybridized carbons (Fsp3) is 0.400. The Hall–Kier alpha value is -3.60. The second-order valence-corrected chi connectivity index (χ2v) is 7.82. The molecule has 4 heterocycles. The molecule has 11 heteroatoms. The zero-order chi connectivity index (χ0) is 21.5. The number of fused-ring (bicyclic) bond motifs is 1. The molecular formula is C20H20N6O5. The summed E-state index contributed by atoms with van der Waals surface area (Å²) in [5.41, 5.74) is 1.22. The number of nitrogens with one attached hydrogen (secondary N) is 3. The van der Waals surface area contributed by atoms with Gasteiger partial charge < -0.3 is 15.1 Å². The third kappa shape index (κ3) is 3.46. The van der Waals surface area contributed by atoms with Crippen molar-refractivity contribution < 1.29 is 23.6 Å². The number of hydrogen-bond donors (Lipinski definition) is 3. The first kappa shape index (κ1) is 19.4. The zero-order valence-corrected chi connectivity index (χ0v) is 16.5. The number of rotatable bonds is 5. The van der Waals surface area contributed by atoms with E-state index in [0.717, 1.165) is 30.0 Å². The highest BCUT2D eigenvalue weighted by Gasteiger charge is 2.44. The van der Waals surface area contributed by atoms with Gasteiger partial charge in [0.1, 0.15) is 6.04 Å². The Morgan fingerprint density at radius 1 is 1.10 bits per heavy atom. The van der Waals surface area contributed by atoms with Crippen LogP contribution in [0.1, 0.15) is 57.4 Å². The lowest BCUT2D eigenvalue weighted by Gasteiger charge is -2.27. The third-order valence-electron chi connectivity index (χ3n) is 5.80. The van der Waals surface area contributed by atoms with Gasteiger partial charge in [0.25, 0.3) is 11.8 Å². The molecule has 3 aliphatic heterocycles. The highest BCUT2D eigenvalue weighted by Crippen LogP contribution is 2.29. The number of amides is 4. The van der Waals surface area contributed by atoms with Crippen molar-refractivity contribution in [3.8, 4) is 0 Å². The molecule has 2 fully saturated rings. The number of carbonyl (C=O) groups excluding carboxylic acids is 4. The molecule has 2 unspecified atom stereocenters. The molecule has 2 aromatic rings. The van der Waals surface area contributed by atoms with Crippen LogP contribution in [0.5, 0.6) is 0 Å². The SMILES string of the molecule is O=C1CCC(N2C(=O)c3ccc(CNc4nnc(C5CCNC5)o4)cc3C2=O)C(=O)N1. The van der Waals surface area contributed by atoms with Crippen LogP contribution in [0.4, 0.5) is 6.01 Å². The molecule has 0 bridgehead atoms. The van der Waals surface area contributed by atoms with Gasteiger partial charge in [-0.1, -0.05) is 11.2 Å². The van der Waals surface area contributed by atoms with Crippen molar-refractivity contribution in [3.63, 3.8) is 0 Å². The van der Waals surface area contributed by atoms with Crippen molar-refractivity contribution in [2.24, 2.45) is 0 Å². The van der Waals surface area contributed by atoms with E-state index in [1.165, 1.54) is 0 Å². The van der Waals surface area contributed by atoms with E-state index in [0.29, 0.717) is 12.4 Å². The molecule has 2 atom stereocenters. The maximum absolute atomic E-state index is 12.9. The molecule has 1 aromatic heterocycles. The average molecular weight is 424 g/mol. The van der Waals surface area contributed by atoms with Crippen LogP contribution in [-0.2, 0) is 16.1 Å². The van der Waals surface area contributed by atoms with Crippen molar-refractivity contribution in [2.75, 3.05) is 18.4 Å². The van der Waals surface area contributed by atoms with Gasteiger partial charge in [-0.25, -0.2) is 0 Å². The molecular weight excluding hydrogens is 404 g/mol. The van der Waals surface area contributed by atoms with Crippen molar-refractivity contribution >= 4 is 29.6 Å². The maximum atomic E-state index is 12.9. The van der Waals surface area contributed by atoms with Crippen LogP contribution in [0.3, 0.4) is 0 Å². The Morgan fingerprint density at radius 3 is 2.71 bits per heavy atom. The van der Waals surface area contributed by atoms with Crippen LogP contribution < -0.4 is 16.0 Å². The molecule has 5 rings (SSSR count). The van der Waals surface area contributed by atoms with Gasteiger partial charge >= 0.3 is 6.01 Å². The maximum Gasteiger partial charge on any atom is 0.315 e. The van der Waals surface area contributed by atoms with Gasteiger partial charge in [-0.3, -0.25) is 29.4 Å². The summed E-state index contributed by atoms with van der Waals surface area (Å²) in [6.45, 7) is 2.05. The fourth-order valence-corrected chi connectivity index (χ4v) is 4.14. The molecule has 1 aromatic carbocycles. The van der Waals surface area contributed by atoms with Gasteiger partial charge in [-0.05, 0) is 37.1 Å². The first-order chi connectivity index (χ1) is 15.0. The van der Waals surface area contributed by atoms with E-state index >= 15 is 0 Å². The molecule has 160 valence electrons. The highest BCUT2D eigenvalue weighted by atomic mass is 16.4. The number of aromatic nitrogens is 2. The number of anilines is 1. The van der Waals surface area contributed by atoms with Gasteiger partial charge in [-0.15, -0.1) is 5.10 Å². The van der Waals surface area contributed by atoms with Gasteiger partial charge in [0, 0.05) is 19.5 Å². The number of piperidine rings is 1. The van der Waals surface area contributed by atoms with Crippen LogP contribution in [0.15, 0.2) is 22.6 Å². The lowest BCUT2D eigenvalue weighted by atomic mass is 10.0. The minimum Gasteiger partial charge on any atom is -0.408 e. The Kier molecular flexibility index (Phi) is 4.74. The Labute approximate surface area is 176 Å². The van der Waals surface area contributed by atoms with Crippen molar-refractivity contribution in [3.05, 3.63) is 40.8 Å². The Bertz CT molecular complexity index is 1090. The average Bonchev–Trinajstić information content (AvgIpc) is 3.49. The number of benzene rings is 1. The Morgan fingerprint density at radius 2 is 1.94 bits per heavy atom. The van der Waals surface area contributed by atoms with Crippen LogP contribution >= 0.6 is 0 Å². The summed E-state index contributed by atoms with van der Waals surface area (Å²) >= 11 is 0. The van der Waals surface area contributed by atoms with E-state index in [1.54, 1.807) is 18.2 Å². The largest absolute Gasteiger partial charge is 0.408 e. The summed E-state index contributed by atoms with van der Waals surface area (Å²) < 4.78 is 5.66. The minimum absolute atomic E-state index is 0.0854. The zero-order valence-electron chi connectivity index (χ0n) is 16.5. The predicted octanol–water partition coefficient (Wildman–Crippen LogP) is 0.160. The van der Waals surface area contributed by atoms with Crippen molar-refractivity contribution in [1.29, 1.82) is 0 Å². The van der Waals surface area contributed by atoms with Crippen molar-refractivity contribution in [1.82, 2.24) is 25.7 Å². The molecule has 11 nitrogen and oxygen atoms in total. The minimum atomic E-state index is -0.978. The number of nitrogens with zero attached hydrogens (tertiary/aromatic N) is 3. The molecule has 31 heavy (non-hydrogen) atoms. The summed E-state index contributed by atoms with van der Waals surface area (Å²) in [6, 6.07) is 4.22. The van der Waals surface area contributed by atoms with Gasteiger partial charge in [0.15, 0.2) is 0 Å². The number of hydrogen-bond acceptors (Lipinski definition) is 9. The highest BCUT2D eigenvalue weighted by molar-refractivity contribution is 6.23. The van der Waals surface area contributed by atoms with E-state index in [1.807, 2.05) is 0 Å². The smallest absolute Gasteiger partial charge is 0.315 e. The van der Waals surface area contributed by atoms with Gasteiger partial charge in [0.2, 0.25) is 17.7 Å². The topological polar surface area (TPSA) is 147 Å². The molecule has 0 radical (unpaired) electrons. The quantitative estimate of drug-likeness (QED) is 0.571. The second-order valence-electron chi connectivity index (χ2n) is 7.82. The monoisotopic (exact) mass is 424 g/mol. The van der Waals surface area contributed by atoms with E-state index in [4.69, 9.17) is 4.42 Å². The van der Waals surface area contributed by atoms with Gasteiger partial charge in [0.05, 0.1) is 17.0 Å². The molecule has 0 saturated carbocycles. The third-order valence-corrected chi connectivity index (χ3v) is 5.80. The summed E-state index contributed by atoms with van der Waals surface area (Å²) in [7, 11) is 0. The number of imide groups is 2. The van der Waals surface area contributed by atoms with Crippen LogP contribution in [0.2, 0.25) is 0 Å². The van der Waals surface area contributed by atoms with E-state index in [-0.39, 0.29) is 35.9 Å². The molecule has 0 spiro atoms. The summed E-state index contributed by atoms with van der Waals surface area (Å²) in [4.78, 5) is 50.1. The van der Waals surface area contributed by atoms with E-state index in [2.05, 4.69) is 26.1 Å². The standard InChI is InChI=1S/C20H20N6O5/c27-15-4-3-14(16(28)23-15)26-18(29)12-2-1-10(7-13(12)19(26)30)8-22-20-25-24-17(31-20)11-5-6-21-9-11/h1-2,7,11,14,21H,3-6,8-9H2,(H,22,25)(H,23,27,28). The predicted molar refractivity (Wildman–Crippen MR) is 105 cm³/mol. The first-order valence-electron chi connectivity index (χ1n) is 10.1. The molecule has 0 aliphatic carbocycles. The van der Waals surface area contributed by atoms with Crippen LogP contribution in [0.25, 0.3) is 0 Å². The van der Waals surface area contributed by atoms with Crippen LogP contribution in [-0.4, -0.2) is 57.9 Å². The summed E-state index contributed by atoms with van der Waals surface area (Å²) in [5, 5.41) is 16.6. The second kappa shape index (κ2) is 7.58.